The van der Waals surface area contributed by atoms with E-state index in [1.807, 2.05) is 34.9 Å². The number of aromatic hydroxyl groups is 1. The predicted molar refractivity (Wildman–Crippen MR) is 109 cm³/mol. The summed E-state index contributed by atoms with van der Waals surface area (Å²) in [6, 6.07) is 11.1. The summed E-state index contributed by atoms with van der Waals surface area (Å²) < 4.78 is 12.1. The quantitative estimate of drug-likeness (QED) is 0.445. The fourth-order valence-corrected chi connectivity index (χ4v) is 3.58. The molecule has 1 amide bonds. The average Bonchev–Trinajstić information content (AvgIpc) is 2.97. The molecule has 3 aromatic rings. The van der Waals surface area contributed by atoms with Crippen LogP contribution in [-0.2, 0) is 9.47 Å². The number of phenolic OH excluding ortho intramolecular Hbond substituents is 1. The molecule has 0 aliphatic heterocycles. The van der Waals surface area contributed by atoms with Gasteiger partial charge in [0.15, 0.2) is 5.75 Å². The van der Waals surface area contributed by atoms with Crippen LogP contribution in [-0.4, -0.2) is 35.5 Å². The van der Waals surface area contributed by atoms with Gasteiger partial charge in [-0.05, 0) is 48.0 Å². The molecular weight excluding hydrogens is 428 g/mol. The van der Waals surface area contributed by atoms with E-state index in [2.05, 4.69) is 26.0 Å². The molecule has 0 unspecified atom stereocenters. The number of halogens is 1. The van der Waals surface area contributed by atoms with Crippen molar-refractivity contribution in [2.75, 3.05) is 19.0 Å². The number of nitrogens with one attached hydrogen (secondary N) is 1. The number of phenols is 1. The third kappa shape index (κ3) is 3.31. The number of methoxy groups -OCH3 is 1. The minimum Gasteiger partial charge on any atom is -0.505 e. The highest BCUT2D eigenvalue weighted by Gasteiger charge is 2.28. The molecule has 1 aromatic heterocycles. The molecule has 8 heteroatoms. The Labute approximate surface area is 170 Å². The summed E-state index contributed by atoms with van der Waals surface area (Å²) in [4.78, 5) is 24.6. The zero-order chi connectivity index (χ0) is 20.4. The van der Waals surface area contributed by atoms with Crippen molar-refractivity contribution in [1.29, 1.82) is 0 Å². The van der Waals surface area contributed by atoms with Crippen LogP contribution in [0.25, 0.3) is 16.6 Å². The molecule has 1 heterocycles. The molecule has 0 radical (unpaired) electrons. The first-order valence-corrected chi connectivity index (χ1v) is 9.33. The van der Waals surface area contributed by atoms with Crippen LogP contribution in [0.5, 0.6) is 5.75 Å². The third-order valence-corrected chi connectivity index (χ3v) is 4.93. The Bertz CT molecular complexity index is 1060. The fraction of sp³-hybridized carbons (Fsp3) is 0.200. The van der Waals surface area contributed by atoms with Crippen LogP contribution < -0.4 is 5.32 Å². The number of hydrogen-bond donors (Lipinski definition) is 2. The molecule has 2 N–H and O–H groups in total. The van der Waals surface area contributed by atoms with Gasteiger partial charge in [-0.25, -0.2) is 9.59 Å². The molecule has 0 saturated heterocycles. The van der Waals surface area contributed by atoms with Gasteiger partial charge >= 0.3 is 12.1 Å². The molecule has 2 aromatic carbocycles. The van der Waals surface area contributed by atoms with E-state index in [0.717, 1.165) is 5.69 Å². The molecule has 0 bridgehead atoms. The van der Waals surface area contributed by atoms with Crippen molar-refractivity contribution in [2.45, 2.75) is 13.8 Å². The Morgan fingerprint density at radius 2 is 1.93 bits per heavy atom. The first-order chi connectivity index (χ1) is 13.4. The number of amides is 1. The molecule has 0 fully saturated rings. The molecule has 7 nitrogen and oxygen atoms in total. The van der Waals surface area contributed by atoms with Crippen molar-refractivity contribution in [1.82, 2.24) is 4.57 Å². The van der Waals surface area contributed by atoms with E-state index in [1.165, 1.54) is 7.11 Å². The summed E-state index contributed by atoms with van der Waals surface area (Å²) in [7, 11) is 1.22. The van der Waals surface area contributed by atoms with Gasteiger partial charge in [-0.1, -0.05) is 18.2 Å². The van der Waals surface area contributed by atoms with Gasteiger partial charge in [0.25, 0.3) is 0 Å². The summed E-state index contributed by atoms with van der Waals surface area (Å²) in [6.45, 7) is 3.69. The van der Waals surface area contributed by atoms with E-state index in [4.69, 9.17) is 4.74 Å². The minimum absolute atomic E-state index is 0.0667. The van der Waals surface area contributed by atoms with Crippen molar-refractivity contribution in [2.24, 2.45) is 0 Å². The summed E-state index contributed by atoms with van der Waals surface area (Å²) in [5, 5.41) is 13.4. The lowest BCUT2D eigenvalue weighted by atomic mass is 10.1. The monoisotopic (exact) mass is 446 g/mol. The second kappa shape index (κ2) is 7.93. The van der Waals surface area contributed by atoms with Crippen LogP contribution in [0.15, 0.2) is 40.9 Å². The second-order valence-corrected chi connectivity index (χ2v) is 6.80. The Kier molecular flexibility index (Phi) is 5.60. The molecule has 0 saturated carbocycles. The van der Waals surface area contributed by atoms with Gasteiger partial charge < -0.3 is 19.1 Å². The number of fused-ring (bicyclic) bond motifs is 1. The zero-order valence-electron chi connectivity index (χ0n) is 15.6. The van der Waals surface area contributed by atoms with Gasteiger partial charge in [0.2, 0.25) is 0 Å². The van der Waals surface area contributed by atoms with E-state index < -0.39 is 12.1 Å². The van der Waals surface area contributed by atoms with E-state index in [9.17, 15) is 14.7 Å². The molecular formula is C20H19BrN2O5. The first kappa shape index (κ1) is 19.8. The van der Waals surface area contributed by atoms with Crippen LogP contribution in [0.1, 0.15) is 23.0 Å². The largest absolute Gasteiger partial charge is 0.505 e. The summed E-state index contributed by atoms with van der Waals surface area (Å²) in [5.74, 6) is -0.761. The van der Waals surface area contributed by atoms with E-state index >= 15 is 0 Å². The van der Waals surface area contributed by atoms with Crippen molar-refractivity contribution < 1.29 is 24.2 Å². The van der Waals surface area contributed by atoms with Crippen LogP contribution in [0.2, 0.25) is 0 Å². The Morgan fingerprint density at radius 3 is 2.54 bits per heavy atom. The molecule has 0 spiro atoms. The number of benzene rings is 2. The number of ether oxygens (including phenoxy) is 2. The number of carbonyl (C=O) groups excluding carboxylic acids is 2. The summed E-state index contributed by atoms with van der Waals surface area (Å²) >= 11 is 3.32. The number of carbonyl (C=O) groups is 2. The Hall–Kier alpha value is -3.00. The average molecular weight is 447 g/mol. The van der Waals surface area contributed by atoms with Crippen LogP contribution >= 0.6 is 15.9 Å². The standard InChI is InChI=1S/C20H19BrN2O5/c1-4-28-19(25)15-11(2)23(12-8-6-5-7-9-12)14-10-13(21)18(24)17(16(14)15)22-20(26)27-3/h5-10,24H,4H2,1-3H3,(H,22,26). The van der Waals surface area contributed by atoms with Gasteiger partial charge in [0.1, 0.15) is 0 Å². The number of hydrogen-bond acceptors (Lipinski definition) is 5. The second-order valence-electron chi connectivity index (χ2n) is 5.94. The smallest absolute Gasteiger partial charge is 0.411 e. The number of rotatable bonds is 4. The van der Waals surface area contributed by atoms with Crippen LogP contribution in [0.4, 0.5) is 10.5 Å². The number of anilines is 1. The van der Waals surface area contributed by atoms with Gasteiger partial charge in [0, 0.05) is 16.8 Å². The lowest BCUT2D eigenvalue weighted by molar-refractivity contribution is 0.0527. The predicted octanol–water partition coefficient (Wildman–Crippen LogP) is 4.76. The number of esters is 1. The summed E-state index contributed by atoms with van der Waals surface area (Å²) in [5.41, 5.74) is 2.38. The normalized spacial score (nSPS) is 10.7. The molecule has 28 heavy (non-hydrogen) atoms. The highest BCUT2D eigenvalue weighted by atomic mass is 79.9. The van der Waals surface area contributed by atoms with Gasteiger partial charge in [-0.15, -0.1) is 0 Å². The molecule has 0 aliphatic carbocycles. The lowest BCUT2D eigenvalue weighted by Gasteiger charge is -2.12. The van der Waals surface area contributed by atoms with Crippen molar-refractivity contribution in [3.63, 3.8) is 0 Å². The minimum atomic E-state index is -0.769. The van der Waals surface area contributed by atoms with Gasteiger partial charge in [-0.3, -0.25) is 5.32 Å². The summed E-state index contributed by atoms with van der Waals surface area (Å²) in [6.07, 6.45) is -0.769. The van der Waals surface area contributed by atoms with Crippen molar-refractivity contribution >= 4 is 44.6 Å². The zero-order valence-corrected chi connectivity index (χ0v) is 17.2. The highest BCUT2D eigenvalue weighted by molar-refractivity contribution is 9.10. The van der Waals surface area contributed by atoms with Crippen LogP contribution in [0.3, 0.4) is 0 Å². The van der Waals surface area contributed by atoms with Crippen molar-refractivity contribution in [3.05, 3.63) is 52.1 Å². The first-order valence-electron chi connectivity index (χ1n) is 8.54. The van der Waals surface area contributed by atoms with E-state index in [0.29, 0.717) is 21.1 Å². The molecule has 0 aliphatic rings. The molecule has 3 rings (SSSR count). The SMILES string of the molecule is CCOC(=O)c1c(C)n(-c2ccccc2)c2cc(Br)c(O)c(NC(=O)OC)c12. The van der Waals surface area contributed by atoms with Crippen LogP contribution in [0, 0.1) is 6.92 Å². The van der Waals surface area contributed by atoms with Gasteiger partial charge in [-0.2, -0.15) is 0 Å². The Morgan fingerprint density at radius 1 is 1.25 bits per heavy atom. The lowest BCUT2D eigenvalue weighted by Crippen LogP contribution is -2.12. The van der Waals surface area contributed by atoms with Gasteiger partial charge in [0.05, 0.1) is 35.0 Å². The highest BCUT2D eigenvalue weighted by Crippen LogP contribution is 2.44. The van der Waals surface area contributed by atoms with Crippen molar-refractivity contribution in [3.8, 4) is 11.4 Å². The number of para-hydroxylation sites is 1. The maximum atomic E-state index is 12.8. The molecule has 0 atom stereocenters. The topological polar surface area (TPSA) is 89.8 Å². The third-order valence-electron chi connectivity index (χ3n) is 4.33. The van der Waals surface area contributed by atoms with E-state index in [1.54, 1.807) is 19.9 Å². The number of aromatic nitrogens is 1. The maximum Gasteiger partial charge on any atom is 0.411 e. The van der Waals surface area contributed by atoms with E-state index in [-0.39, 0.29) is 23.6 Å². The fourth-order valence-electron chi connectivity index (χ4n) is 3.17. The maximum absolute atomic E-state index is 12.8. The Balaban J connectivity index is 2.45. The molecule has 146 valence electrons. The number of nitrogens with zero attached hydrogens (tertiary/aromatic N) is 1.